The van der Waals surface area contributed by atoms with E-state index in [0.717, 1.165) is 0 Å². The molecule has 0 aliphatic carbocycles. The van der Waals surface area contributed by atoms with E-state index >= 15 is 0 Å². The molecule has 0 aliphatic rings. The molecule has 0 unspecified atom stereocenters. The monoisotopic (exact) mass is 353 g/mol. The third kappa shape index (κ3) is 7.32. The molecule has 0 spiro atoms. The van der Waals surface area contributed by atoms with Gasteiger partial charge in [0.05, 0.1) is 12.4 Å². The van der Waals surface area contributed by atoms with Gasteiger partial charge in [-0.05, 0) is 0 Å². The number of hydrogen-bond acceptors (Lipinski definition) is 8. The van der Waals surface area contributed by atoms with E-state index in [2.05, 4.69) is 19.9 Å². The molecule has 0 aromatic carbocycles. The molecule has 119 valence electrons. The summed E-state index contributed by atoms with van der Waals surface area (Å²) in [5.41, 5.74) is 2.43. The summed E-state index contributed by atoms with van der Waals surface area (Å²) in [7, 11) is 0. The van der Waals surface area contributed by atoms with Gasteiger partial charge in [0.2, 0.25) is 0 Å². The number of nitrogens with zero attached hydrogens (tertiary/aromatic N) is 4. The second-order valence-corrected chi connectivity index (χ2v) is 3.04. The summed E-state index contributed by atoms with van der Waals surface area (Å²) in [5, 5.41) is 19.5. The van der Waals surface area contributed by atoms with Crippen LogP contribution in [0.15, 0.2) is 37.2 Å². The molecule has 1 radical (unpaired) electrons. The van der Waals surface area contributed by atoms with Crippen molar-refractivity contribution >= 4 is 11.8 Å². The van der Waals surface area contributed by atoms with Crippen molar-refractivity contribution in [2.45, 2.75) is 0 Å². The minimum atomic E-state index is -0.770. The van der Waals surface area contributed by atoms with E-state index in [-0.39, 0.29) is 33.6 Å². The third-order valence-corrected chi connectivity index (χ3v) is 1.78. The summed E-state index contributed by atoms with van der Waals surface area (Å²) < 4.78 is 0. The molecule has 2 amide bonds. The van der Waals surface area contributed by atoms with E-state index in [4.69, 9.17) is 0 Å². The van der Waals surface area contributed by atoms with Gasteiger partial charge in [-0.2, -0.15) is 0 Å². The van der Waals surface area contributed by atoms with Crippen molar-refractivity contribution in [1.29, 1.82) is 0 Å². The van der Waals surface area contributed by atoms with Crippen LogP contribution in [0, 0.1) is 10.4 Å². The van der Waals surface area contributed by atoms with Crippen LogP contribution in [0.2, 0.25) is 0 Å². The molecule has 11 nitrogen and oxygen atoms in total. The number of aromatic nitrogens is 4. The van der Waals surface area contributed by atoms with Crippen molar-refractivity contribution < 1.29 is 31.8 Å². The molecule has 2 rings (SSSR count). The maximum absolute atomic E-state index is 10.5. The average molecular weight is 353 g/mol. The summed E-state index contributed by atoms with van der Waals surface area (Å²) >= 11 is 0. The van der Waals surface area contributed by atoms with Crippen LogP contribution in [0.4, 0.5) is 0 Å². The van der Waals surface area contributed by atoms with Crippen molar-refractivity contribution in [1.82, 2.24) is 30.9 Å². The number of carbonyl (C=O) groups excluding carboxylic acids is 2. The molecule has 2 aromatic rings. The fourth-order valence-corrected chi connectivity index (χ4v) is 0.937. The summed E-state index contributed by atoms with van der Waals surface area (Å²) in [4.78, 5) is 35.3. The number of amides is 2. The minimum Gasteiger partial charge on any atom is -0.759 e. The topological polar surface area (TPSA) is 187 Å². The smallest absolute Gasteiger partial charge is 0.759 e. The Morgan fingerprint density at radius 1 is 0.818 bits per heavy atom. The molecule has 0 atom stereocenters. The van der Waals surface area contributed by atoms with E-state index in [0.29, 0.717) is 0 Å². The van der Waals surface area contributed by atoms with Gasteiger partial charge >= 0.3 is 16.8 Å². The zero-order valence-electron chi connectivity index (χ0n) is 10.7. The molecule has 0 saturated heterocycles. The zero-order valence-corrected chi connectivity index (χ0v) is 11.8. The van der Waals surface area contributed by atoms with E-state index in [1.807, 2.05) is 0 Å². The quantitative estimate of drug-likeness (QED) is 0.615. The number of nitrogens with one attached hydrogen (secondary N) is 2. The van der Waals surface area contributed by atoms with Gasteiger partial charge in [-0.1, -0.05) is 0 Å². The molecule has 0 aliphatic heterocycles. The van der Waals surface area contributed by atoms with Crippen LogP contribution in [0.1, 0.15) is 21.0 Å². The minimum absolute atomic E-state index is 0. The van der Waals surface area contributed by atoms with Crippen LogP contribution >= 0.6 is 0 Å². The van der Waals surface area contributed by atoms with Crippen molar-refractivity contribution in [2.24, 2.45) is 0 Å². The Kier molecular flexibility index (Phi) is 12.1. The predicted molar refractivity (Wildman–Crippen MR) is 69.3 cm³/mol. The van der Waals surface area contributed by atoms with Crippen LogP contribution in [0.5, 0.6) is 0 Å². The Labute approximate surface area is 134 Å². The largest absolute Gasteiger partial charge is 2.00 e. The molecule has 0 fully saturated rings. The second-order valence-electron chi connectivity index (χ2n) is 3.04. The van der Waals surface area contributed by atoms with Crippen LogP contribution in [-0.2, 0) is 16.8 Å². The summed E-state index contributed by atoms with van der Waals surface area (Å²) in [6.07, 6.45) is 7.94. The molecule has 0 bridgehead atoms. The van der Waals surface area contributed by atoms with Gasteiger partial charge in [-0.15, -0.1) is 0 Å². The van der Waals surface area contributed by atoms with E-state index in [9.17, 15) is 20.0 Å². The number of hydroxylamine groups is 2. The number of rotatable bonds is 2. The standard InChI is InChI=1S/2C5H4N3O2.Co.H2O/c2*9-5(8-10)4-3-6-1-2-7-4;;/h2*1-3H,(H-,6,7,8,9,10);;1H2/q2*-1;+2;. The molecular weight excluding hydrogens is 343 g/mol. The summed E-state index contributed by atoms with van der Waals surface area (Å²) in [6, 6.07) is 0. The van der Waals surface area contributed by atoms with Gasteiger partial charge in [0.15, 0.2) is 0 Å². The Balaban J connectivity index is 0. The van der Waals surface area contributed by atoms with Crippen LogP contribution in [0.3, 0.4) is 0 Å². The van der Waals surface area contributed by atoms with Crippen LogP contribution in [-0.4, -0.2) is 37.2 Å². The predicted octanol–water partition coefficient (Wildman–Crippen LogP) is -1.42. The van der Waals surface area contributed by atoms with Gasteiger partial charge in [0.25, 0.3) is 11.8 Å². The molecule has 2 aromatic heterocycles. The fraction of sp³-hybridized carbons (Fsp3) is 0. The summed E-state index contributed by atoms with van der Waals surface area (Å²) in [5.74, 6) is -1.54. The molecule has 4 N–H and O–H groups in total. The van der Waals surface area contributed by atoms with Crippen molar-refractivity contribution in [3.8, 4) is 0 Å². The molecular formula is C10H10CoN6O5. The van der Waals surface area contributed by atoms with Crippen LogP contribution < -0.4 is 11.0 Å². The van der Waals surface area contributed by atoms with Crippen LogP contribution in [0.25, 0.3) is 0 Å². The first-order valence-corrected chi connectivity index (χ1v) is 5.06. The Hall–Kier alpha value is -2.51. The average Bonchev–Trinajstić information content (AvgIpc) is 2.55. The maximum atomic E-state index is 10.5. The number of hydrogen-bond donors (Lipinski definition) is 2. The maximum Gasteiger partial charge on any atom is 2.00 e. The van der Waals surface area contributed by atoms with Crippen molar-refractivity contribution in [2.75, 3.05) is 0 Å². The summed E-state index contributed by atoms with van der Waals surface area (Å²) in [6.45, 7) is 0. The molecule has 12 heteroatoms. The Morgan fingerprint density at radius 3 is 1.41 bits per heavy atom. The zero-order chi connectivity index (χ0) is 14.8. The first-order valence-electron chi connectivity index (χ1n) is 5.06. The molecule has 22 heavy (non-hydrogen) atoms. The van der Waals surface area contributed by atoms with Crippen molar-refractivity contribution in [3.05, 3.63) is 59.0 Å². The fourth-order valence-electron chi connectivity index (χ4n) is 0.937. The Bertz CT molecular complexity index is 507. The molecule has 2 heterocycles. The van der Waals surface area contributed by atoms with Gasteiger partial charge in [-0.3, -0.25) is 19.6 Å². The van der Waals surface area contributed by atoms with Crippen molar-refractivity contribution in [3.63, 3.8) is 0 Å². The van der Waals surface area contributed by atoms with Gasteiger partial charge in [0.1, 0.15) is 11.4 Å². The van der Waals surface area contributed by atoms with Gasteiger partial charge in [0, 0.05) is 24.8 Å². The van der Waals surface area contributed by atoms with Gasteiger partial charge in [-0.25, -0.2) is 9.97 Å². The van der Waals surface area contributed by atoms with E-state index in [1.165, 1.54) is 48.1 Å². The first kappa shape index (κ1) is 21.8. The van der Waals surface area contributed by atoms with Gasteiger partial charge < -0.3 is 26.9 Å². The normalized spacial score (nSPS) is 8.09. The Morgan fingerprint density at radius 2 is 1.18 bits per heavy atom. The van der Waals surface area contributed by atoms with E-state index < -0.39 is 11.8 Å². The number of carbonyl (C=O) groups is 2. The second kappa shape index (κ2) is 12.2. The first-order chi connectivity index (χ1) is 9.69. The molecule has 0 saturated carbocycles. The SMILES string of the molecule is O.O=C(N[O-])c1cnccn1.O=C(N[O-])c1cnccn1.[Co+2]. The third-order valence-electron chi connectivity index (χ3n) is 1.78. The van der Waals surface area contributed by atoms with E-state index in [1.54, 1.807) is 0 Å².